The Balaban J connectivity index is 1.49. The molecule has 4 rings (SSSR count). The highest BCUT2D eigenvalue weighted by Gasteiger charge is 2.43. The Labute approximate surface area is 189 Å². The largest absolute Gasteiger partial charge is 0.493 e. The van der Waals surface area contributed by atoms with Crippen LogP contribution in [-0.4, -0.2) is 38.1 Å². The van der Waals surface area contributed by atoms with E-state index in [1.165, 1.54) is 11.1 Å². The van der Waals surface area contributed by atoms with Crippen LogP contribution < -0.4 is 15.2 Å². The maximum Gasteiger partial charge on any atom is 0.225 e. The molecule has 1 heterocycles. The number of carbonyl (C=O) groups is 1. The number of ether oxygens (including phenoxy) is 2. The first kappa shape index (κ1) is 21.9. The van der Waals surface area contributed by atoms with E-state index in [0.29, 0.717) is 25.3 Å². The second-order valence-electron chi connectivity index (χ2n) is 8.50. The van der Waals surface area contributed by atoms with Gasteiger partial charge in [-0.05, 0) is 42.1 Å². The summed E-state index contributed by atoms with van der Waals surface area (Å²) in [6, 6.07) is 24.6. The Hall–Kier alpha value is -3.31. The average molecular weight is 431 g/mol. The summed E-state index contributed by atoms with van der Waals surface area (Å²) in [4.78, 5) is 14.9. The van der Waals surface area contributed by atoms with Gasteiger partial charge in [0.05, 0.1) is 19.6 Å². The molecule has 166 valence electrons. The molecule has 0 radical (unpaired) electrons. The van der Waals surface area contributed by atoms with Crippen molar-refractivity contribution in [3.8, 4) is 22.6 Å². The van der Waals surface area contributed by atoms with Gasteiger partial charge in [0.25, 0.3) is 0 Å². The second kappa shape index (κ2) is 9.45. The zero-order valence-electron chi connectivity index (χ0n) is 18.7. The molecule has 0 aliphatic carbocycles. The number of primary amides is 1. The van der Waals surface area contributed by atoms with E-state index in [1.807, 2.05) is 36.4 Å². The lowest BCUT2D eigenvalue weighted by atomic mass is 9.80. The summed E-state index contributed by atoms with van der Waals surface area (Å²) in [5.41, 5.74) is 9.90. The van der Waals surface area contributed by atoms with E-state index in [2.05, 4.69) is 41.3 Å². The van der Waals surface area contributed by atoms with Crippen molar-refractivity contribution in [3.05, 3.63) is 83.9 Å². The van der Waals surface area contributed by atoms with Crippen LogP contribution >= 0.6 is 0 Å². The summed E-state index contributed by atoms with van der Waals surface area (Å²) in [6.45, 7) is 2.12. The lowest BCUT2D eigenvalue weighted by Crippen LogP contribution is -2.41. The number of amides is 1. The molecule has 1 saturated heterocycles. The molecule has 0 bridgehead atoms. The molecule has 0 spiro atoms. The normalized spacial score (nSPS) is 18.4. The van der Waals surface area contributed by atoms with E-state index < -0.39 is 5.41 Å². The van der Waals surface area contributed by atoms with Crippen LogP contribution in [0, 0.1) is 5.41 Å². The van der Waals surface area contributed by atoms with Gasteiger partial charge < -0.3 is 15.2 Å². The number of likely N-dealkylation sites (tertiary alicyclic amines) is 1. The van der Waals surface area contributed by atoms with Crippen molar-refractivity contribution in [1.29, 1.82) is 0 Å². The maximum atomic E-state index is 12.6. The molecule has 5 heteroatoms. The highest BCUT2D eigenvalue weighted by Crippen LogP contribution is 2.37. The summed E-state index contributed by atoms with van der Waals surface area (Å²) < 4.78 is 11.0. The van der Waals surface area contributed by atoms with Crippen molar-refractivity contribution in [2.75, 3.05) is 27.3 Å². The van der Waals surface area contributed by atoms with Gasteiger partial charge in [0, 0.05) is 18.7 Å². The third-order valence-corrected chi connectivity index (χ3v) is 6.44. The number of rotatable bonds is 8. The molecular formula is C27H30N2O3. The van der Waals surface area contributed by atoms with Crippen LogP contribution in [-0.2, 0) is 17.8 Å². The standard InChI is InChI=1S/C27H30N2O3/c1-31-24-10-6-9-23(25(24)32-2)18-29-16-15-27(19-29,26(28)30)17-20-11-13-22(14-12-20)21-7-4-3-5-8-21/h3-14H,15-19H2,1-2H3,(H2,28,30)/t27-/m0/s1. The molecule has 0 saturated carbocycles. The van der Waals surface area contributed by atoms with E-state index in [0.717, 1.165) is 29.8 Å². The van der Waals surface area contributed by atoms with Crippen LogP contribution in [0.15, 0.2) is 72.8 Å². The molecule has 0 unspecified atom stereocenters. The molecule has 1 amide bonds. The van der Waals surface area contributed by atoms with Gasteiger partial charge in [-0.3, -0.25) is 9.69 Å². The zero-order chi connectivity index (χ0) is 22.6. The summed E-state index contributed by atoms with van der Waals surface area (Å²) in [6.07, 6.45) is 1.39. The highest BCUT2D eigenvalue weighted by atomic mass is 16.5. The Morgan fingerprint density at radius 2 is 1.66 bits per heavy atom. The molecule has 0 aromatic heterocycles. The van der Waals surface area contributed by atoms with Crippen LogP contribution in [0.25, 0.3) is 11.1 Å². The van der Waals surface area contributed by atoms with Crippen molar-refractivity contribution < 1.29 is 14.3 Å². The Bertz CT molecular complexity index is 1070. The van der Waals surface area contributed by atoms with Crippen LogP contribution in [0.2, 0.25) is 0 Å². The molecule has 5 nitrogen and oxygen atoms in total. The second-order valence-corrected chi connectivity index (χ2v) is 8.50. The molecule has 3 aromatic rings. The minimum absolute atomic E-state index is 0.232. The van der Waals surface area contributed by atoms with E-state index in [4.69, 9.17) is 15.2 Å². The lowest BCUT2D eigenvalue weighted by molar-refractivity contribution is -0.127. The van der Waals surface area contributed by atoms with E-state index in [9.17, 15) is 4.79 Å². The van der Waals surface area contributed by atoms with Gasteiger partial charge in [0.1, 0.15) is 0 Å². The van der Waals surface area contributed by atoms with Gasteiger partial charge in [-0.1, -0.05) is 66.7 Å². The van der Waals surface area contributed by atoms with Gasteiger partial charge in [-0.25, -0.2) is 0 Å². The fourth-order valence-corrected chi connectivity index (χ4v) is 4.68. The molecule has 1 aliphatic heterocycles. The Morgan fingerprint density at radius 3 is 2.31 bits per heavy atom. The summed E-state index contributed by atoms with van der Waals surface area (Å²) in [5, 5.41) is 0. The first-order chi connectivity index (χ1) is 15.5. The predicted molar refractivity (Wildman–Crippen MR) is 127 cm³/mol. The lowest BCUT2D eigenvalue weighted by Gasteiger charge is -2.26. The SMILES string of the molecule is COc1cccc(CN2CC[C@@](Cc3ccc(-c4ccccc4)cc3)(C(N)=O)C2)c1OC. The first-order valence-corrected chi connectivity index (χ1v) is 10.9. The number of methoxy groups -OCH3 is 2. The van der Waals surface area contributed by atoms with Gasteiger partial charge in [0.2, 0.25) is 5.91 Å². The highest BCUT2D eigenvalue weighted by molar-refractivity contribution is 5.82. The zero-order valence-corrected chi connectivity index (χ0v) is 18.7. The minimum atomic E-state index is -0.569. The van der Waals surface area contributed by atoms with Crippen molar-refractivity contribution >= 4 is 5.91 Å². The van der Waals surface area contributed by atoms with E-state index >= 15 is 0 Å². The third-order valence-electron chi connectivity index (χ3n) is 6.44. The van der Waals surface area contributed by atoms with Crippen LogP contribution in [0.5, 0.6) is 11.5 Å². The number of para-hydroxylation sites is 1. The van der Waals surface area contributed by atoms with Crippen LogP contribution in [0.1, 0.15) is 17.5 Å². The van der Waals surface area contributed by atoms with Crippen molar-refractivity contribution in [2.45, 2.75) is 19.4 Å². The summed E-state index contributed by atoms with van der Waals surface area (Å²) in [5.74, 6) is 1.22. The molecule has 32 heavy (non-hydrogen) atoms. The maximum absolute atomic E-state index is 12.6. The quantitative estimate of drug-likeness (QED) is 0.579. The molecular weight excluding hydrogens is 400 g/mol. The fraction of sp³-hybridized carbons (Fsp3) is 0.296. The average Bonchev–Trinajstić information content (AvgIpc) is 3.23. The number of carbonyl (C=O) groups excluding carboxylic acids is 1. The minimum Gasteiger partial charge on any atom is -0.493 e. The predicted octanol–water partition coefficient (Wildman–Crippen LogP) is 4.29. The first-order valence-electron chi connectivity index (χ1n) is 10.9. The number of nitrogens with zero attached hydrogens (tertiary/aromatic N) is 1. The molecule has 1 aliphatic rings. The van der Waals surface area contributed by atoms with Crippen molar-refractivity contribution in [3.63, 3.8) is 0 Å². The number of benzene rings is 3. The van der Waals surface area contributed by atoms with E-state index in [1.54, 1.807) is 14.2 Å². The smallest absolute Gasteiger partial charge is 0.225 e. The van der Waals surface area contributed by atoms with Crippen molar-refractivity contribution in [2.24, 2.45) is 11.1 Å². The van der Waals surface area contributed by atoms with E-state index in [-0.39, 0.29) is 5.91 Å². The Morgan fingerprint density at radius 1 is 0.938 bits per heavy atom. The monoisotopic (exact) mass is 430 g/mol. The van der Waals surface area contributed by atoms with Gasteiger partial charge in [0.15, 0.2) is 11.5 Å². The Kier molecular flexibility index (Phi) is 6.47. The third kappa shape index (κ3) is 4.48. The molecule has 3 aromatic carbocycles. The van der Waals surface area contributed by atoms with Gasteiger partial charge in [-0.15, -0.1) is 0 Å². The number of hydrogen-bond donors (Lipinski definition) is 1. The van der Waals surface area contributed by atoms with Gasteiger partial charge in [-0.2, -0.15) is 0 Å². The molecule has 1 atom stereocenters. The number of nitrogens with two attached hydrogens (primary N) is 1. The van der Waals surface area contributed by atoms with Crippen LogP contribution in [0.3, 0.4) is 0 Å². The van der Waals surface area contributed by atoms with Crippen molar-refractivity contribution in [1.82, 2.24) is 4.90 Å². The summed E-state index contributed by atoms with van der Waals surface area (Å²) >= 11 is 0. The molecule has 2 N–H and O–H groups in total. The van der Waals surface area contributed by atoms with Crippen LogP contribution in [0.4, 0.5) is 0 Å². The fourth-order valence-electron chi connectivity index (χ4n) is 4.68. The summed E-state index contributed by atoms with van der Waals surface area (Å²) in [7, 11) is 3.29. The molecule has 1 fully saturated rings. The number of hydrogen-bond acceptors (Lipinski definition) is 4. The topological polar surface area (TPSA) is 64.8 Å². The van der Waals surface area contributed by atoms with Gasteiger partial charge >= 0.3 is 0 Å².